The molecule has 0 saturated heterocycles. The molecule has 0 fully saturated rings. The van der Waals surface area contributed by atoms with Gasteiger partial charge in [0, 0.05) is 18.1 Å². The number of hydrogen-bond acceptors (Lipinski definition) is 3. The third-order valence-electron chi connectivity index (χ3n) is 3.36. The van der Waals surface area contributed by atoms with Crippen LogP contribution in [0.1, 0.15) is 42.2 Å². The summed E-state index contributed by atoms with van der Waals surface area (Å²) in [6.45, 7) is 7.39. The first kappa shape index (κ1) is 13.1. The Labute approximate surface area is 108 Å². The van der Waals surface area contributed by atoms with Crippen molar-refractivity contribution >= 4 is 11.0 Å². The zero-order chi connectivity index (χ0) is 13.3. The number of methoxy groups -OCH3 is 1. The first-order valence-corrected chi connectivity index (χ1v) is 6.32. The smallest absolute Gasteiger partial charge is 0.138 e. The van der Waals surface area contributed by atoms with E-state index in [0.29, 0.717) is 19.1 Å². The molecular weight excluding hydrogens is 226 g/mol. The number of fused-ring (bicyclic) bond motifs is 1. The van der Waals surface area contributed by atoms with Gasteiger partial charge in [0.05, 0.1) is 13.2 Å². The van der Waals surface area contributed by atoms with Gasteiger partial charge in [0.25, 0.3) is 0 Å². The molecule has 0 saturated carbocycles. The van der Waals surface area contributed by atoms with Gasteiger partial charge in [-0.05, 0) is 24.0 Å². The monoisotopic (exact) mass is 247 g/mol. The molecule has 0 aliphatic heterocycles. The molecule has 1 aromatic heterocycles. The molecule has 98 valence electrons. The molecule has 0 bridgehead atoms. The number of aryl methyl sites for hydroxylation is 1. The number of hydrogen-bond donors (Lipinski definition) is 1. The van der Waals surface area contributed by atoms with E-state index in [-0.39, 0.29) is 0 Å². The molecule has 3 nitrogen and oxygen atoms in total. The Hall–Kier alpha value is -1.32. The van der Waals surface area contributed by atoms with E-state index in [1.54, 1.807) is 7.11 Å². The Bertz CT molecular complexity index is 555. The quantitative estimate of drug-likeness (QED) is 0.900. The molecule has 1 aromatic carbocycles. The van der Waals surface area contributed by atoms with Crippen molar-refractivity contribution < 1.29 is 9.15 Å². The van der Waals surface area contributed by atoms with Crippen molar-refractivity contribution in [2.75, 3.05) is 7.11 Å². The molecule has 2 aromatic rings. The molecule has 2 rings (SSSR count). The molecule has 0 aliphatic rings. The number of rotatable bonds is 4. The third-order valence-corrected chi connectivity index (χ3v) is 3.36. The van der Waals surface area contributed by atoms with Crippen molar-refractivity contribution in [2.24, 2.45) is 5.73 Å². The van der Waals surface area contributed by atoms with Crippen molar-refractivity contribution in [1.29, 1.82) is 0 Å². The lowest BCUT2D eigenvalue weighted by Gasteiger charge is -2.08. The molecule has 0 aliphatic carbocycles. The predicted octanol–water partition coefficient (Wildman–Crippen LogP) is 3.47. The van der Waals surface area contributed by atoms with Crippen molar-refractivity contribution in [2.45, 2.75) is 39.8 Å². The minimum atomic E-state index is 0.407. The number of benzene rings is 1. The van der Waals surface area contributed by atoms with Crippen LogP contribution in [0.3, 0.4) is 0 Å². The molecule has 1 heterocycles. The minimum Gasteiger partial charge on any atom is -0.459 e. The number of furan rings is 1. The topological polar surface area (TPSA) is 48.4 Å². The van der Waals surface area contributed by atoms with Crippen LogP contribution < -0.4 is 5.73 Å². The summed E-state index contributed by atoms with van der Waals surface area (Å²) in [5.41, 5.74) is 10.3. The molecule has 18 heavy (non-hydrogen) atoms. The Kier molecular flexibility index (Phi) is 3.73. The fourth-order valence-corrected chi connectivity index (χ4v) is 2.42. The SMILES string of the molecule is COCc1c(CN)oc2c(C(C)C)ccc(C)c12. The van der Waals surface area contributed by atoms with E-state index in [1.807, 2.05) is 0 Å². The summed E-state index contributed by atoms with van der Waals surface area (Å²) in [4.78, 5) is 0. The normalized spacial score (nSPS) is 11.7. The largest absolute Gasteiger partial charge is 0.459 e. The third kappa shape index (κ3) is 2.04. The second-order valence-corrected chi connectivity index (χ2v) is 4.97. The Morgan fingerprint density at radius 1 is 1.33 bits per heavy atom. The van der Waals surface area contributed by atoms with Gasteiger partial charge in [-0.3, -0.25) is 0 Å². The van der Waals surface area contributed by atoms with Gasteiger partial charge >= 0.3 is 0 Å². The summed E-state index contributed by atoms with van der Waals surface area (Å²) < 4.78 is 11.2. The van der Waals surface area contributed by atoms with Crippen LogP contribution in [0.4, 0.5) is 0 Å². The number of ether oxygens (including phenoxy) is 1. The molecule has 3 heteroatoms. The molecule has 0 unspecified atom stereocenters. The second kappa shape index (κ2) is 5.12. The summed E-state index contributed by atoms with van der Waals surface area (Å²) in [5, 5.41) is 1.17. The van der Waals surface area contributed by atoms with E-state index in [9.17, 15) is 0 Å². The van der Waals surface area contributed by atoms with Crippen LogP contribution in [0.5, 0.6) is 0 Å². The highest BCUT2D eigenvalue weighted by molar-refractivity contribution is 5.88. The van der Waals surface area contributed by atoms with E-state index < -0.39 is 0 Å². The molecule has 0 spiro atoms. The maximum atomic E-state index is 5.97. The highest BCUT2D eigenvalue weighted by atomic mass is 16.5. The molecule has 0 atom stereocenters. The fourth-order valence-electron chi connectivity index (χ4n) is 2.42. The maximum absolute atomic E-state index is 5.97. The average molecular weight is 247 g/mol. The van der Waals surface area contributed by atoms with Crippen LogP contribution >= 0.6 is 0 Å². The van der Waals surface area contributed by atoms with Gasteiger partial charge in [-0.15, -0.1) is 0 Å². The van der Waals surface area contributed by atoms with Gasteiger partial charge < -0.3 is 14.9 Å². The van der Waals surface area contributed by atoms with Crippen LogP contribution in [0.15, 0.2) is 16.5 Å². The zero-order valence-electron chi connectivity index (χ0n) is 11.5. The Balaban J connectivity index is 2.78. The Morgan fingerprint density at radius 2 is 2.06 bits per heavy atom. The lowest BCUT2D eigenvalue weighted by Crippen LogP contribution is -1.99. The zero-order valence-corrected chi connectivity index (χ0v) is 11.5. The molecule has 0 radical (unpaired) electrons. The lowest BCUT2D eigenvalue weighted by atomic mass is 9.97. The van der Waals surface area contributed by atoms with Gasteiger partial charge in [0.1, 0.15) is 11.3 Å². The van der Waals surface area contributed by atoms with Crippen LogP contribution in [0.25, 0.3) is 11.0 Å². The summed E-state index contributed by atoms with van der Waals surface area (Å²) in [6, 6.07) is 4.29. The number of nitrogens with two attached hydrogens (primary N) is 1. The van der Waals surface area contributed by atoms with E-state index >= 15 is 0 Å². The van der Waals surface area contributed by atoms with Crippen LogP contribution in [0, 0.1) is 6.92 Å². The maximum Gasteiger partial charge on any atom is 0.138 e. The predicted molar refractivity (Wildman–Crippen MR) is 73.6 cm³/mol. The van der Waals surface area contributed by atoms with Crippen LogP contribution in [-0.2, 0) is 17.9 Å². The van der Waals surface area contributed by atoms with Gasteiger partial charge in [0.2, 0.25) is 0 Å². The lowest BCUT2D eigenvalue weighted by molar-refractivity contribution is 0.184. The van der Waals surface area contributed by atoms with E-state index in [4.69, 9.17) is 14.9 Å². The van der Waals surface area contributed by atoms with Crippen molar-refractivity contribution in [3.63, 3.8) is 0 Å². The van der Waals surface area contributed by atoms with E-state index in [0.717, 1.165) is 16.9 Å². The Morgan fingerprint density at radius 3 is 2.61 bits per heavy atom. The first-order chi connectivity index (χ1) is 8.60. The highest BCUT2D eigenvalue weighted by Crippen LogP contribution is 2.34. The summed E-state index contributed by atoms with van der Waals surface area (Å²) in [7, 11) is 1.70. The van der Waals surface area contributed by atoms with Gasteiger partial charge in [-0.25, -0.2) is 0 Å². The van der Waals surface area contributed by atoms with Gasteiger partial charge in [-0.2, -0.15) is 0 Å². The summed E-state index contributed by atoms with van der Waals surface area (Å²) >= 11 is 0. The first-order valence-electron chi connectivity index (χ1n) is 6.32. The fraction of sp³-hybridized carbons (Fsp3) is 0.467. The van der Waals surface area contributed by atoms with Crippen LogP contribution in [0.2, 0.25) is 0 Å². The second-order valence-electron chi connectivity index (χ2n) is 4.97. The van der Waals surface area contributed by atoms with Gasteiger partial charge in [-0.1, -0.05) is 26.0 Å². The van der Waals surface area contributed by atoms with Crippen molar-refractivity contribution in [1.82, 2.24) is 0 Å². The molecule has 2 N–H and O–H groups in total. The highest BCUT2D eigenvalue weighted by Gasteiger charge is 2.18. The standard InChI is InChI=1S/C15H21NO2/c1-9(2)11-6-5-10(3)14-12(8-17-4)13(7-16)18-15(11)14/h5-6,9H,7-8,16H2,1-4H3. The molecular formula is C15H21NO2. The minimum absolute atomic E-state index is 0.407. The van der Waals surface area contributed by atoms with E-state index in [2.05, 4.69) is 32.9 Å². The molecule has 0 amide bonds. The summed E-state index contributed by atoms with van der Waals surface area (Å²) in [5.74, 6) is 1.27. The van der Waals surface area contributed by atoms with Gasteiger partial charge in [0.15, 0.2) is 0 Å². The van der Waals surface area contributed by atoms with Crippen molar-refractivity contribution in [3.05, 3.63) is 34.6 Å². The van der Waals surface area contributed by atoms with Crippen LogP contribution in [-0.4, -0.2) is 7.11 Å². The summed E-state index contributed by atoms with van der Waals surface area (Å²) in [6.07, 6.45) is 0. The van der Waals surface area contributed by atoms with E-state index in [1.165, 1.54) is 16.5 Å². The average Bonchev–Trinajstić information content (AvgIpc) is 2.69. The van der Waals surface area contributed by atoms with Crippen molar-refractivity contribution in [3.8, 4) is 0 Å².